The van der Waals surface area contributed by atoms with Gasteiger partial charge in [-0.3, -0.25) is 14.6 Å². The van der Waals surface area contributed by atoms with Crippen molar-refractivity contribution in [1.29, 1.82) is 0 Å². The number of halogens is 3. The average Bonchev–Trinajstić information content (AvgIpc) is 3.03. The molecule has 0 saturated heterocycles. The summed E-state index contributed by atoms with van der Waals surface area (Å²) in [4.78, 5) is 30.2. The van der Waals surface area contributed by atoms with E-state index in [1.807, 2.05) is 0 Å². The number of carbonyl (C=O) groups excluding carboxylic acids is 1. The zero-order valence-electron chi connectivity index (χ0n) is 14.4. The molecular formula is C18H16F3N3O2. The number of fused-ring (bicyclic) bond motifs is 1. The van der Waals surface area contributed by atoms with Gasteiger partial charge < -0.3 is 9.47 Å². The summed E-state index contributed by atoms with van der Waals surface area (Å²) in [6.07, 6.45) is -1.71. The molecular weight excluding hydrogens is 347 g/mol. The number of carbonyl (C=O) groups is 1. The summed E-state index contributed by atoms with van der Waals surface area (Å²) in [5.74, 6) is -0.348. The van der Waals surface area contributed by atoms with Gasteiger partial charge in [-0.05, 0) is 29.3 Å². The maximum Gasteiger partial charge on any atom is 0.416 e. The summed E-state index contributed by atoms with van der Waals surface area (Å²) in [7, 11) is 4.57. The van der Waals surface area contributed by atoms with E-state index < -0.39 is 17.3 Å². The molecule has 136 valence electrons. The first-order chi connectivity index (χ1) is 12.1. The monoisotopic (exact) mass is 363 g/mol. The van der Waals surface area contributed by atoms with Crippen molar-refractivity contribution in [3.8, 4) is 11.1 Å². The minimum Gasteiger partial charge on any atom is -0.345 e. The van der Waals surface area contributed by atoms with E-state index in [0.29, 0.717) is 11.1 Å². The Morgan fingerprint density at radius 1 is 1.19 bits per heavy atom. The number of aryl methyl sites for hydroxylation is 1. The van der Waals surface area contributed by atoms with Crippen molar-refractivity contribution < 1.29 is 18.0 Å². The summed E-state index contributed by atoms with van der Waals surface area (Å²) in [6, 6.07) is 3.33. The Morgan fingerprint density at radius 3 is 2.50 bits per heavy atom. The summed E-state index contributed by atoms with van der Waals surface area (Å²) >= 11 is 0. The molecule has 0 bridgehead atoms. The van der Waals surface area contributed by atoms with Crippen LogP contribution in [0.15, 0.2) is 34.2 Å². The molecule has 1 amide bonds. The lowest BCUT2D eigenvalue weighted by atomic mass is 9.94. The van der Waals surface area contributed by atoms with Crippen LogP contribution in [0.5, 0.6) is 0 Å². The molecule has 0 spiro atoms. The third-order valence-corrected chi connectivity index (χ3v) is 4.20. The molecule has 0 atom stereocenters. The number of amides is 1. The molecule has 0 saturated carbocycles. The highest BCUT2D eigenvalue weighted by Gasteiger charge is 2.33. The van der Waals surface area contributed by atoms with Crippen LogP contribution in [0.1, 0.15) is 27.0 Å². The Bertz CT molecular complexity index is 988. The number of alkyl halides is 3. The number of hydrogen-bond donors (Lipinski definition) is 0. The fourth-order valence-electron chi connectivity index (χ4n) is 2.90. The summed E-state index contributed by atoms with van der Waals surface area (Å²) in [5, 5.41) is 0. The Morgan fingerprint density at radius 2 is 1.88 bits per heavy atom. The van der Waals surface area contributed by atoms with Gasteiger partial charge in [0.1, 0.15) is 0 Å². The molecule has 5 nitrogen and oxygen atoms in total. The Balaban J connectivity index is 2.30. The maximum atomic E-state index is 13.3. The van der Waals surface area contributed by atoms with E-state index in [1.165, 1.54) is 35.0 Å². The van der Waals surface area contributed by atoms with Gasteiger partial charge in [0.05, 0.1) is 17.7 Å². The van der Waals surface area contributed by atoms with Gasteiger partial charge in [0.2, 0.25) is 0 Å². The van der Waals surface area contributed by atoms with Gasteiger partial charge in [-0.15, -0.1) is 0 Å². The van der Waals surface area contributed by atoms with Crippen LogP contribution in [-0.4, -0.2) is 35.7 Å². The molecule has 0 radical (unpaired) electrons. The minimum atomic E-state index is -4.55. The van der Waals surface area contributed by atoms with Gasteiger partial charge in [-0.25, -0.2) is 0 Å². The molecule has 26 heavy (non-hydrogen) atoms. The minimum absolute atomic E-state index is 0.0379. The van der Waals surface area contributed by atoms with Gasteiger partial charge in [0, 0.05) is 44.7 Å². The predicted octanol–water partition coefficient (Wildman–Crippen LogP) is 2.71. The van der Waals surface area contributed by atoms with Crippen LogP contribution in [0.4, 0.5) is 13.2 Å². The number of aromatic nitrogens is 1. The van der Waals surface area contributed by atoms with Gasteiger partial charge in [-0.1, -0.05) is 0 Å². The third-order valence-electron chi connectivity index (χ3n) is 4.20. The van der Waals surface area contributed by atoms with Crippen LogP contribution in [0.2, 0.25) is 0 Å². The van der Waals surface area contributed by atoms with Crippen molar-refractivity contribution in [2.45, 2.75) is 12.7 Å². The van der Waals surface area contributed by atoms with E-state index in [4.69, 9.17) is 0 Å². The Kier molecular flexibility index (Phi) is 4.21. The van der Waals surface area contributed by atoms with Crippen molar-refractivity contribution in [2.24, 2.45) is 12.0 Å². The predicted molar refractivity (Wildman–Crippen MR) is 91.4 cm³/mol. The molecule has 2 heterocycles. The fourth-order valence-corrected chi connectivity index (χ4v) is 2.90. The third kappa shape index (κ3) is 3.02. The highest BCUT2D eigenvalue weighted by atomic mass is 19.4. The smallest absolute Gasteiger partial charge is 0.345 e. The maximum absolute atomic E-state index is 13.3. The van der Waals surface area contributed by atoms with Crippen molar-refractivity contribution in [1.82, 2.24) is 9.47 Å². The highest BCUT2D eigenvalue weighted by molar-refractivity contribution is 5.97. The highest BCUT2D eigenvalue weighted by Crippen LogP contribution is 2.36. The van der Waals surface area contributed by atoms with Gasteiger partial charge in [0.15, 0.2) is 0 Å². The molecule has 0 fully saturated rings. The molecule has 1 aromatic carbocycles. The number of aliphatic imine (C=N–C) groups is 1. The fraction of sp³-hybridized carbons (Fsp3) is 0.278. The Labute approximate surface area is 147 Å². The molecule has 1 aliphatic heterocycles. The van der Waals surface area contributed by atoms with Gasteiger partial charge >= 0.3 is 6.18 Å². The second-order valence-electron chi connectivity index (χ2n) is 6.32. The normalized spacial score (nSPS) is 13.0. The first-order valence-electron chi connectivity index (χ1n) is 7.76. The van der Waals surface area contributed by atoms with Gasteiger partial charge in [0.25, 0.3) is 11.5 Å². The van der Waals surface area contributed by atoms with Crippen LogP contribution < -0.4 is 5.56 Å². The standard InChI is InChI=1S/C18H16F3N3O2/c1-23(2)16(25)11-5-14(17(26)24(3)9-11)13-6-12(18(19,20)21)4-10-7-22-8-15(10)13/h4-6,8-9H,7H2,1-3H3. The Hall–Kier alpha value is -2.90. The summed E-state index contributed by atoms with van der Waals surface area (Å²) < 4.78 is 41.0. The van der Waals surface area contributed by atoms with E-state index in [9.17, 15) is 22.8 Å². The lowest BCUT2D eigenvalue weighted by molar-refractivity contribution is -0.137. The molecule has 3 rings (SSSR count). The van der Waals surface area contributed by atoms with Crippen LogP contribution in [-0.2, 0) is 19.8 Å². The van der Waals surface area contributed by atoms with Crippen molar-refractivity contribution in [2.75, 3.05) is 14.1 Å². The second kappa shape index (κ2) is 6.12. The summed E-state index contributed by atoms with van der Waals surface area (Å²) in [6.45, 7) is 0.128. The van der Waals surface area contributed by atoms with E-state index in [-0.39, 0.29) is 29.1 Å². The van der Waals surface area contributed by atoms with E-state index >= 15 is 0 Å². The van der Waals surface area contributed by atoms with Crippen LogP contribution >= 0.6 is 0 Å². The lowest BCUT2D eigenvalue weighted by Crippen LogP contribution is -2.26. The molecule has 2 aromatic rings. The van der Waals surface area contributed by atoms with Crippen molar-refractivity contribution >= 4 is 12.1 Å². The van der Waals surface area contributed by atoms with E-state index in [1.54, 1.807) is 14.1 Å². The molecule has 8 heteroatoms. The molecule has 1 aromatic heterocycles. The molecule has 1 aliphatic rings. The van der Waals surface area contributed by atoms with E-state index in [0.717, 1.165) is 12.1 Å². The molecule has 0 unspecified atom stereocenters. The molecule has 0 aliphatic carbocycles. The van der Waals surface area contributed by atoms with Gasteiger partial charge in [-0.2, -0.15) is 13.2 Å². The SMILES string of the molecule is CN(C)C(=O)c1cc(-c2cc(C(F)(F)F)cc3c2C=NC3)c(=O)n(C)c1. The number of rotatable bonds is 2. The number of benzene rings is 1. The molecule has 0 N–H and O–H groups in total. The van der Waals surface area contributed by atoms with Crippen molar-refractivity contribution in [3.05, 3.63) is 57.0 Å². The number of nitrogens with zero attached hydrogens (tertiary/aromatic N) is 3. The number of pyridine rings is 1. The first-order valence-corrected chi connectivity index (χ1v) is 7.76. The number of hydrogen-bond acceptors (Lipinski definition) is 3. The van der Waals surface area contributed by atoms with E-state index in [2.05, 4.69) is 4.99 Å². The average molecular weight is 363 g/mol. The van der Waals surface area contributed by atoms with Crippen LogP contribution in [0, 0.1) is 0 Å². The quantitative estimate of drug-likeness (QED) is 0.824. The zero-order chi connectivity index (χ0) is 19.2. The largest absolute Gasteiger partial charge is 0.416 e. The lowest BCUT2D eigenvalue weighted by Gasteiger charge is -2.16. The topological polar surface area (TPSA) is 54.7 Å². The summed E-state index contributed by atoms with van der Waals surface area (Å²) in [5.41, 5.74) is -0.0646. The second-order valence-corrected chi connectivity index (χ2v) is 6.32. The first kappa shape index (κ1) is 17.9. The van der Waals surface area contributed by atoms with Crippen molar-refractivity contribution in [3.63, 3.8) is 0 Å². The van der Waals surface area contributed by atoms with Crippen LogP contribution in [0.3, 0.4) is 0 Å². The van der Waals surface area contributed by atoms with Crippen LogP contribution in [0.25, 0.3) is 11.1 Å². The zero-order valence-corrected chi connectivity index (χ0v) is 14.4.